The quantitative estimate of drug-likeness (QED) is 0.780. The summed E-state index contributed by atoms with van der Waals surface area (Å²) in [5.41, 5.74) is 6.36. The lowest BCUT2D eigenvalue weighted by molar-refractivity contribution is 0.967. The molecule has 0 saturated heterocycles. The van der Waals surface area contributed by atoms with E-state index in [0.717, 1.165) is 13.0 Å². The van der Waals surface area contributed by atoms with Crippen molar-refractivity contribution in [3.05, 3.63) is 34.3 Å². The van der Waals surface area contributed by atoms with Crippen LogP contribution >= 0.6 is 23.2 Å². The number of nitrogens with zero attached hydrogens (tertiary/aromatic N) is 2. The first-order valence-electron chi connectivity index (χ1n) is 6.19. The number of benzene rings is 1. The van der Waals surface area contributed by atoms with Gasteiger partial charge in [-0.15, -0.1) is 0 Å². The van der Waals surface area contributed by atoms with Gasteiger partial charge in [0, 0.05) is 12.6 Å². The second kappa shape index (κ2) is 6.63. The van der Waals surface area contributed by atoms with Gasteiger partial charge in [0.15, 0.2) is 0 Å². The van der Waals surface area contributed by atoms with Gasteiger partial charge >= 0.3 is 0 Å². The number of rotatable bonds is 5. The molecule has 2 aromatic rings. The maximum atomic E-state index is 6.12. The second-order valence-electron chi connectivity index (χ2n) is 4.15. The molecule has 0 fully saturated rings. The minimum atomic E-state index is 0.187. The number of nitrogens with one attached hydrogen (secondary N) is 2. The molecular weight excluding hydrogens is 297 g/mol. The normalized spacial score (nSPS) is 10.3. The van der Waals surface area contributed by atoms with Gasteiger partial charge in [-0.25, -0.2) is 0 Å². The van der Waals surface area contributed by atoms with Crippen LogP contribution in [0.4, 0.5) is 23.3 Å². The summed E-state index contributed by atoms with van der Waals surface area (Å²) in [4.78, 5) is 8.23. The Morgan fingerprint density at radius 3 is 2.70 bits per heavy atom. The third-order valence-corrected chi connectivity index (χ3v) is 3.33. The van der Waals surface area contributed by atoms with Crippen LogP contribution in [0.1, 0.15) is 13.3 Å². The van der Waals surface area contributed by atoms with Crippen molar-refractivity contribution in [2.75, 3.05) is 22.9 Å². The Kier molecular flexibility index (Phi) is 4.87. The van der Waals surface area contributed by atoms with Gasteiger partial charge in [0.25, 0.3) is 0 Å². The largest absolute Gasteiger partial charge is 0.370 e. The highest BCUT2D eigenvalue weighted by molar-refractivity contribution is 6.43. The van der Waals surface area contributed by atoms with Gasteiger partial charge < -0.3 is 16.4 Å². The molecule has 2 rings (SSSR count). The van der Waals surface area contributed by atoms with E-state index in [9.17, 15) is 0 Å². The average Bonchev–Trinajstić information content (AvgIpc) is 2.41. The van der Waals surface area contributed by atoms with Crippen LogP contribution in [0.15, 0.2) is 24.3 Å². The van der Waals surface area contributed by atoms with Crippen LogP contribution in [0, 0.1) is 0 Å². The maximum absolute atomic E-state index is 6.12. The molecule has 0 bridgehead atoms. The molecule has 0 radical (unpaired) electrons. The molecule has 0 saturated carbocycles. The van der Waals surface area contributed by atoms with Gasteiger partial charge in [-0.1, -0.05) is 36.2 Å². The number of hydrogen-bond donors (Lipinski definition) is 3. The Morgan fingerprint density at radius 1 is 1.20 bits per heavy atom. The number of anilines is 4. The van der Waals surface area contributed by atoms with Crippen LogP contribution in [-0.2, 0) is 0 Å². The second-order valence-corrected chi connectivity index (χ2v) is 4.93. The Labute approximate surface area is 127 Å². The predicted octanol–water partition coefficient (Wildman–Crippen LogP) is 3.93. The summed E-state index contributed by atoms with van der Waals surface area (Å²) in [6.45, 7) is 2.89. The zero-order valence-corrected chi connectivity index (χ0v) is 12.5. The molecule has 0 unspecified atom stereocenters. The molecule has 1 aromatic carbocycles. The predicted molar refractivity (Wildman–Crippen MR) is 85.0 cm³/mol. The fraction of sp³-hybridized carbons (Fsp3) is 0.231. The smallest absolute Gasteiger partial charge is 0.223 e. The Balaban J connectivity index is 2.24. The number of halogens is 2. The van der Waals surface area contributed by atoms with Crippen LogP contribution in [0.25, 0.3) is 0 Å². The molecule has 1 heterocycles. The minimum absolute atomic E-state index is 0.187. The van der Waals surface area contributed by atoms with E-state index in [4.69, 9.17) is 28.9 Å². The van der Waals surface area contributed by atoms with Crippen LogP contribution in [-0.4, -0.2) is 16.5 Å². The molecule has 0 aliphatic rings. The van der Waals surface area contributed by atoms with Crippen LogP contribution < -0.4 is 16.4 Å². The van der Waals surface area contributed by atoms with E-state index >= 15 is 0 Å². The third kappa shape index (κ3) is 3.65. The van der Waals surface area contributed by atoms with Gasteiger partial charge in [-0.3, -0.25) is 0 Å². The molecule has 0 spiro atoms. The van der Waals surface area contributed by atoms with Crippen molar-refractivity contribution in [2.24, 2.45) is 0 Å². The molecule has 0 aliphatic heterocycles. The molecule has 0 aliphatic carbocycles. The van der Waals surface area contributed by atoms with Crippen molar-refractivity contribution >= 4 is 46.5 Å². The fourth-order valence-corrected chi connectivity index (χ4v) is 1.96. The van der Waals surface area contributed by atoms with Crippen molar-refractivity contribution in [1.29, 1.82) is 0 Å². The lowest BCUT2D eigenvalue weighted by Gasteiger charge is -2.11. The van der Waals surface area contributed by atoms with E-state index in [0.29, 0.717) is 27.4 Å². The number of nitrogen functional groups attached to an aromatic ring is 1. The monoisotopic (exact) mass is 311 g/mol. The fourth-order valence-electron chi connectivity index (χ4n) is 1.61. The number of nitrogens with two attached hydrogens (primary N) is 1. The van der Waals surface area contributed by atoms with Crippen molar-refractivity contribution in [3.63, 3.8) is 0 Å². The van der Waals surface area contributed by atoms with Crippen LogP contribution in [0.5, 0.6) is 0 Å². The lowest BCUT2D eigenvalue weighted by Crippen LogP contribution is -2.07. The summed E-state index contributed by atoms with van der Waals surface area (Å²) in [7, 11) is 0. The minimum Gasteiger partial charge on any atom is -0.370 e. The van der Waals surface area contributed by atoms with Crippen molar-refractivity contribution in [1.82, 2.24) is 9.97 Å². The molecule has 5 nitrogen and oxygen atoms in total. The zero-order chi connectivity index (χ0) is 14.5. The number of hydrogen-bond acceptors (Lipinski definition) is 5. The summed E-state index contributed by atoms with van der Waals surface area (Å²) in [6, 6.07) is 7.10. The Morgan fingerprint density at radius 2 is 1.95 bits per heavy atom. The van der Waals surface area contributed by atoms with Gasteiger partial charge in [-0.05, 0) is 18.6 Å². The summed E-state index contributed by atoms with van der Waals surface area (Å²) in [6.07, 6.45) is 0.993. The highest BCUT2D eigenvalue weighted by Crippen LogP contribution is 2.31. The van der Waals surface area contributed by atoms with Crippen LogP contribution in [0.3, 0.4) is 0 Å². The molecular formula is C13H15Cl2N5. The molecule has 7 heteroatoms. The Hall–Kier alpha value is -1.72. The number of aromatic nitrogens is 2. The molecule has 0 amide bonds. The molecule has 0 atom stereocenters. The molecule has 1 aromatic heterocycles. The average molecular weight is 312 g/mol. The van der Waals surface area contributed by atoms with Gasteiger partial charge in [-0.2, -0.15) is 9.97 Å². The van der Waals surface area contributed by atoms with E-state index in [-0.39, 0.29) is 5.95 Å². The first-order valence-corrected chi connectivity index (χ1v) is 6.95. The molecule has 106 valence electrons. The lowest BCUT2D eigenvalue weighted by atomic mass is 10.3. The van der Waals surface area contributed by atoms with Gasteiger partial charge in [0.1, 0.15) is 11.6 Å². The summed E-state index contributed by atoms with van der Waals surface area (Å²) in [5.74, 6) is 1.41. The standard InChI is InChI=1S/C13H15Cl2N5/c1-2-6-17-10-7-11(20-13(16)19-10)18-9-5-3-4-8(14)12(9)15/h3-5,7H,2,6H2,1H3,(H4,16,17,18,19,20). The highest BCUT2D eigenvalue weighted by atomic mass is 35.5. The highest BCUT2D eigenvalue weighted by Gasteiger charge is 2.07. The molecule has 20 heavy (non-hydrogen) atoms. The van der Waals surface area contributed by atoms with E-state index in [1.54, 1.807) is 18.2 Å². The first kappa shape index (κ1) is 14.7. The SMILES string of the molecule is CCCNc1cc(Nc2cccc(Cl)c2Cl)nc(N)n1. The topological polar surface area (TPSA) is 75.9 Å². The van der Waals surface area contributed by atoms with Gasteiger partial charge in [0.05, 0.1) is 15.7 Å². The molecule has 4 N–H and O–H groups in total. The van der Waals surface area contributed by atoms with Crippen molar-refractivity contribution < 1.29 is 0 Å². The van der Waals surface area contributed by atoms with Gasteiger partial charge in [0.2, 0.25) is 5.95 Å². The first-order chi connectivity index (χ1) is 9.60. The third-order valence-electron chi connectivity index (χ3n) is 2.51. The van der Waals surface area contributed by atoms with E-state index < -0.39 is 0 Å². The Bertz CT molecular complexity index is 603. The summed E-state index contributed by atoms with van der Waals surface area (Å²) < 4.78 is 0. The van der Waals surface area contributed by atoms with E-state index in [2.05, 4.69) is 27.5 Å². The van der Waals surface area contributed by atoms with E-state index in [1.807, 2.05) is 6.07 Å². The summed E-state index contributed by atoms with van der Waals surface area (Å²) >= 11 is 12.1. The van der Waals surface area contributed by atoms with Crippen molar-refractivity contribution in [3.8, 4) is 0 Å². The van der Waals surface area contributed by atoms with Crippen molar-refractivity contribution in [2.45, 2.75) is 13.3 Å². The zero-order valence-electron chi connectivity index (χ0n) is 11.0. The maximum Gasteiger partial charge on any atom is 0.223 e. The summed E-state index contributed by atoms with van der Waals surface area (Å²) in [5, 5.41) is 7.15. The van der Waals surface area contributed by atoms with Crippen LogP contribution in [0.2, 0.25) is 10.0 Å². The van der Waals surface area contributed by atoms with E-state index in [1.165, 1.54) is 0 Å².